The van der Waals surface area contributed by atoms with Crippen LogP contribution in [0.1, 0.15) is 25.7 Å². The quantitative estimate of drug-likeness (QED) is 0.710. The summed E-state index contributed by atoms with van der Waals surface area (Å²) in [5.74, 6) is 0.960. The Morgan fingerprint density at radius 1 is 1.12 bits per heavy atom. The van der Waals surface area contributed by atoms with E-state index < -0.39 is 0 Å². The summed E-state index contributed by atoms with van der Waals surface area (Å²) in [4.78, 5) is 0. The minimum atomic E-state index is 0.807. The summed E-state index contributed by atoms with van der Waals surface area (Å²) in [7, 11) is 0. The average molecular weight is 219 g/mol. The van der Waals surface area contributed by atoms with Crippen LogP contribution in [0.15, 0.2) is 30.3 Å². The molecule has 0 amide bonds. The molecular formula is C14H21NO. The fraction of sp³-hybridized carbons (Fsp3) is 0.571. The maximum Gasteiger partial charge on any atom is 0.0639 e. The molecule has 1 fully saturated rings. The van der Waals surface area contributed by atoms with Crippen LogP contribution in [0.4, 0.5) is 5.69 Å². The molecular weight excluding hydrogens is 198 g/mol. The van der Waals surface area contributed by atoms with Crippen LogP contribution in [0.2, 0.25) is 0 Å². The molecule has 2 heteroatoms. The third kappa shape index (κ3) is 3.86. The number of hydrogen-bond acceptors (Lipinski definition) is 2. The van der Waals surface area contributed by atoms with Gasteiger partial charge in [-0.3, -0.25) is 0 Å². The number of hydrogen-bond donors (Lipinski definition) is 1. The molecule has 1 aromatic carbocycles. The smallest absolute Gasteiger partial charge is 0.0639 e. The molecule has 0 spiro atoms. The molecule has 0 unspecified atom stereocenters. The van der Waals surface area contributed by atoms with Crippen molar-refractivity contribution >= 4 is 5.69 Å². The van der Waals surface area contributed by atoms with Gasteiger partial charge in [0.15, 0.2) is 0 Å². The third-order valence-corrected chi connectivity index (χ3v) is 3.24. The number of benzene rings is 1. The molecule has 0 aliphatic heterocycles. The van der Waals surface area contributed by atoms with Crippen molar-refractivity contribution in [2.24, 2.45) is 5.92 Å². The number of para-hydroxylation sites is 1. The van der Waals surface area contributed by atoms with E-state index in [4.69, 9.17) is 4.74 Å². The summed E-state index contributed by atoms with van der Waals surface area (Å²) < 4.78 is 5.60. The van der Waals surface area contributed by atoms with Crippen molar-refractivity contribution in [2.75, 3.05) is 25.1 Å². The van der Waals surface area contributed by atoms with Crippen molar-refractivity contribution < 1.29 is 4.74 Å². The highest BCUT2D eigenvalue weighted by Crippen LogP contribution is 2.28. The van der Waals surface area contributed by atoms with E-state index in [1.807, 2.05) is 18.2 Å². The zero-order valence-corrected chi connectivity index (χ0v) is 9.82. The molecule has 2 rings (SSSR count). The lowest BCUT2D eigenvalue weighted by Crippen LogP contribution is -2.15. The molecule has 2 nitrogen and oxygen atoms in total. The van der Waals surface area contributed by atoms with E-state index in [-0.39, 0.29) is 0 Å². The fourth-order valence-electron chi connectivity index (χ4n) is 1.96. The second kappa shape index (κ2) is 6.54. The minimum absolute atomic E-state index is 0.807. The van der Waals surface area contributed by atoms with Gasteiger partial charge < -0.3 is 10.1 Å². The van der Waals surface area contributed by atoms with E-state index in [9.17, 15) is 0 Å². The summed E-state index contributed by atoms with van der Waals surface area (Å²) in [6.07, 6.45) is 5.53. The molecule has 1 N–H and O–H groups in total. The lowest BCUT2D eigenvalue weighted by molar-refractivity contribution is 0.114. The van der Waals surface area contributed by atoms with Gasteiger partial charge in [-0.25, -0.2) is 0 Å². The lowest BCUT2D eigenvalue weighted by Gasteiger charge is -2.24. The van der Waals surface area contributed by atoms with Gasteiger partial charge in [0.05, 0.1) is 6.61 Å². The highest BCUT2D eigenvalue weighted by molar-refractivity contribution is 5.42. The summed E-state index contributed by atoms with van der Waals surface area (Å²) >= 11 is 0. The number of nitrogens with one attached hydrogen (secondary N) is 1. The van der Waals surface area contributed by atoms with E-state index >= 15 is 0 Å². The number of anilines is 1. The molecule has 88 valence electrons. The first-order chi connectivity index (χ1) is 7.95. The molecule has 1 aliphatic carbocycles. The van der Waals surface area contributed by atoms with Gasteiger partial charge in [0.1, 0.15) is 0 Å². The molecule has 1 aromatic rings. The first kappa shape index (κ1) is 11.5. The van der Waals surface area contributed by atoms with Crippen LogP contribution in [0, 0.1) is 5.92 Å². The Kier molecular flexibility index (Phi) is 4.69. The summed E-state index contributed by atoms with van der Waals surface area (Å²) in [5.41, 5.74) is 1.17. The number of ether oxygens (including phenoxy) is 1. The first-order valence-corrected chi connectivity index (χ1v) is 6.32. The number of rotatable bonds is 7. The molecule has 0 saturated heterocycles. The Labute approximate surface area is 98.0 Å². The topological polar surface area (TPSA) is 21.3 Å². The fourth-order valence-corrected chi connectivity index (χ4v) is 1.96. The standard InChI is InChI=1S/C14H21NO/c1-2-7-14(8-3-1)15-10-12-16-11-9-13-5-4-6-13/h1-3,7-8,13,15H,4-6,9-12H2. The molecule has 1 aliphatic rings. The molecule has 0 radical (unpaired) electrons. The van der Waals surface area contributed by atoms with E-state index in [1.54, 1.807) is 0 Å². The molecule has 16 heavy (non-hydrogen) atoms. The van der Waals surface area contributed by atoms with Crippen molar-refractivity contribution in [2.45, 2.75) is 25.7 Å². The zero-order valence-electron chi connectivity index (χ0n) is 9.82. The normalized spacial score (nSPS) is 15.8. The Morgan fingerprint density at radius 2 is 1.94 bits per heavy atom. The Hall–Kier alpha value is -1.02. The Balaban J connectivity index is 1.45. The van der Waals surface area contributed by atoms with Crippen LogP contribution in [-0.4, -0.2) is 19.8 Å². The molecule has 0 bridgehead atoms. The van der Waals surface area contributed by atoms with Crippen molar-refractivity contribution in [3.63, 3.8) is 0 Å². The monoisotopic (exact) mass is 219 g/mol. The van der Waals surface area contributed by atoms with Crippen LogP contribution in [0.3, 0.4) is 0 Å². The predicted molar refractivity (Wildman–Crippen MR) is 67.7 cm³/mol. The predicted octanol–water partition coefficient (Wildman–Crippen LogP) is 3.31. The average Bonchev–Trinajstić information content (AvgIpc) is 2.27. The third-order valence-electron chi connectivity index (χ3n) is 3.24. The van der Waals surface area contributed by atoms with E-state index in [1.165, 1.54) is 31.4 Å². The van der Waals surface area contributed by atoms with E-state index in [0.717, 1.165) is 25.7 Å². The van der Waals surface area contributed by atoms with E-state index in [2.05, 4.69) is 17.4 Å². The second-order valence-electron chi connectivity index (χ2n) is 4.49. The van der Waals surface area contributed by atoms with Gasteiger partial charge in [0.25, 0.3) is 0 Å². The minimum Gasteiger partial charge on any atom is -0.383 e. The van der Waals surface area contributed by atoms with Crippen molar-refractivity contribution in [1.29, 1.82) is 0 Å². The van der Waals surface area contributed by atoms with Crippen molar-refractivity contribution in [3.05, 3.63) is 30.3 Å². The van der Waals surface area contributed by atoms with Gasteiger partial charge in [-0.05, 0) is 24.5 Å². The van der Waals surface area contributed by atoms with Crippen molar-refractivity contribution in [3.8, 4) is 0 Å². The van der Waals surface area contributed by atoms with Crippen LogP contribution in [-0.2, 0) is 4.74 Å². The summed E-state index contributed by atoms with van der Waals surface area (Å²) in [6.45, 7) is 2.64. The summed E-state index contributed by atoms with van der Waals surface area (Å²) in [5, 5.41) is 3.34. The van der Waals surface area contributed by atoms with Gasteiger partial charge in [0.2, 0.25) is 0 Å². The Morgan fingerprint density at radius 3 is 2.62 bits per heavy atom. The highest BCUT2D eigenvalue weighted by Gasteiger charge is 2.16. The van der Waals surface area contributed by atoms with Crippen LogP contribution in [0.25, 0.3) is 0 Å². The Bertz CT molecular complexity index is 282. The second-order valence-corrected chi connectivity index (χ2v) is 4.49. The zero-order chi connectivity index (χ0) is 11.1. The van der Waals surface area contributed by atoms with Gasteiger partial charge in [-0.15, -0.1) is 0 Å². The molecule has 0 heterocycles. The first-order valence-electron chi connectivity index (χ1n) is 6.32. The van der Waals surface area contributed by atoms with Crippen LogP contribution >= 0.6 is 0 Å². The summed E-state index contributed by atoms with van der Waals surface area (Å²) in [6, 6.07) is 10.3. The maximum atomic E-state index is 5.60. The molecule has 0 aromatic heterocycles. The van der Waals surface area contributed by atoms with Gasteiger partial charge in [-0.1, -0.05) is 37.5 Å². The lowest BCUT2D eigenvalue weighted by atomic mass is 9.83. The molecule has 0 atom stereocenters. The van der Waals surface area contributed by atoms with Crippen molar-refractivity contribution in [1.82, 2.24) is 0 Å². The van der Waals surface area contributed by atoms with E-state index in [0.29, 0.717) is 0 Å². The van der Waals surface area contributed by atoms with Gasteiger partial charge >= 0.3 is 0 Å². The SMILES string of the molecule is c1ccc(NCCOCCC2CCC2)cc1. The van der Waals surface area contributed by atoms with Gasteiger partial charge in [0, 0.05) is 18.8 Å². The van der Waals surface area contributed by atoms with Crippen LogP contribution in [0.5, 0.6) is 0 Å². The largest absolute Gasteiger partial charge is 0.383 e. The molecule has 1 saturated carbocycles. The van der Waals surface area contributed by atoms with Crippen LogP contribution < -0.4 is 5.32 Å². The highest BCUT2D eigenvalue weighted by atomic mass is 16.5. The van der Waals surface area contributed by atoms with Gasteiger partial charge in [-0.2, -0.15) is 0 Å². The maximum absolute atomic E-state index is 5.60.